The molecule has 1 heterocycles. The average molecular weight is 112 g/mol. The molecule has 0 saturated heterocycles. The van der Waals surface area contributed by atoms with Crippen molar-refractivity contribution >= 4 is 0 Å². The number of rotatable bonds is 0. The standard InChI is InChI=1S/C3H4N4O/c4-3-6-1-5-2-7(3)8/h1-2,4,8H. The molecular formula is C3H4N4O. The minimum absolute atomic E-state index is 0.222. The van der Waals surface area contributed by atoms with Gasteiger partial charge in [0.15, 0.2) is 0 Å². The van der Waals surface area contributed by atoms with Crippen molar-refractivity contribution in [2.75, 3.05) is 0 Å². The monoisotopic (exact) mass is 112 g/mol. The summed E-state index contributed by atoms with van der Waals surface area (Å²) in [5.41, 5.74) is -0.222. The van der Waals surface area contributed by atoms with Crippen molar-refractivity contribution in [1.29, 1.82) is 5.41 Å². The number of nitrogens with zero attached hydrogens (tertiary/aromatic N) is 3. The van der Waals surface area contributed by atoms with Crippen LogP contribution in [0.25, 0.3) is 0 Å². The van der Waals surface area contributed by atoms with Gasteiger partial charge in [0, 0.05) is 0 Å². The first kappa shape index (κ1) is 4.76. The fourth-order valence-electron chi connectivity index (χ4n) is 0.295. The average Bonchev–Trinajstić information content (AvgIpc) is 1.77. The van der Waals surface area contributed by atoms with Crippen molar-refractivity contribution in [3.63, 3.8) is 0 Å². The van der Waals surface area contributed by atoms with Crippen molar-refractivity contribution in [3.05, 3.63) is 18.3 Å². The predicted molar refractivity (Wildman–Crippen MR) is 23.1 cm³/mol. The summed E-state index contributed by atoms with van der Waals surface area (Å²) in [6, 6.07) is 0. The molecule has 5 nitrogen and oxygen atoms in total. The van der Waals surface area contributed by atoms with Gasteiger partial charge in [-0.3, -0.25) is 5.41 Å². The van der Waals surface area contributed by atoms with Gasteiger partial charge in [-0.1, -0.05) is 0 Å². The lowest BCUT2D eigenvalue weighted by Crippen LogP contribution is -2.19. The van der Waals surface area contributed by atoms with Gasteiger partial charge in [0.05, 0.1) is 0 Å². The van der Waals surface area contributed by atoms with E-state index in [1.54, 1.807) is 0 Å². The predicted octanol–water partition coefficient (Wildman–Crippen LogP) is -1.01. The highest BCUT2D eigenvalue weighted by Gasteiger charge is 1.80. The van der Waals surface area contributed by atoms with Gasteiger partial charge in [0.25, 0.3) is 5.62 Å². The first-order chi connectivity index (χ1) is 3.80. The van der Waals surface area contributed by atoms with Crippen molar-refractivity contribution in [2.24, 2.45) is 0 Å². The van der Waals surface area contributed by atoms with E-state index in [4.69, 9.17) is 10.6 Å². The van der Waals surface area contributed by atoms with Crippen molar-refractivity contribution in [1.82, 2.24) is 14.7 Å². The van der Waals surface area contributed by atoms with E-state index in [0.29, 0.717) is 4.73 Å². The summed E-state index contributed by atoms with van der Waals surface area (Å²) in [6.07, 6.45) is 2.28. The molecule has 2 N–H and O–H groups in total. The van der Waals surface area contributed by atoms with Crippen LogP contribution in [0, 0.1) is 5.41 Å². The molecule has 0 amide bonds. The third-order valence-electron chi connectivity index (χ3n) is 0.640. The van der Waals surface area contributed by atoms with Crippen LogP contribution in [0.2, 0.25) is 0 Å². The van der Waals surface area contributed by atoms with Crippen LogP contribution < -0.4 is 5.62 Å². The lowest BCUT2D eigenvalue weighted by molar-refractivity contribution is 0.160. The molecule has 0 bridgehead atoms. The first-order valence-electron chi connectivity index (χ1n) is 1.93. The number of hydrogen-bond acceptors (Lipinski definition) is 4. The Bertz CT molecular complexity index is 229. The molecule has 0 aliphatic heterocycles. The maximum absolute atomic E-state index is 8.52. The maximum atomic E-state index is 8.52. The second-order valence-electron chi connectivity index (χ2n) is 1.18. The summed E-state index contributed by atoms with van der Waals surface area (Å²) in [5, 5.41) is 15.3. The van der Waals surface area contributed by atoms with Crippen LogP contribution >= 0.6 is 0 Å². The summed E-state index contributed by atoms with van der Waals surface area (Å²) < 4.78 is 0.528. The SMILES string of the molecule is N=c1ncncn1O. The Kier molecular flexibility index (Phi) is 0.957. The Morgan fingerprint density at radius 3 is 2.88 bits per heavy atom. The van der Waals surface area contributed by atoms with Crippen LogP contribution in [0.3, 0.4) is 0 Å². The van der Waals surface area contributed by atoms with E-state index in [0.717, 1.165) is 6.33 Å². The normalized spacial score (nSPS) is 9.00. The van der Waals surface area contributed by atoms with Crippen LogP contribution in [0.5, 0.6) is 0 Å². The molecule has 0 atom stereocenters. The number of aromatic nitrogens is 3. The Morgan fingerprint density at radius 1 is 1.75 bits per heavy atom. The molecule has 0 unspecified atom stereocenters. The van der Waals surface area contributed by atoms with E-state index in [2.05, 4.69) is 9.97 Å². The molecule has 1 aromatic rings. The van der Waals surface area contributed by atoms with E-state index in [1.807, 2.05) is 0 Å². The zero-order valence-corrected chi connectivity index (χ0v) is 3.94. The number of hydrogen-bond donors (Lipinski definition) is 2. The zero-order valence-electron chi connectivity index (χ0n) is 3.94. The summed E-state index contributed by atoms with van der Waals surface area (Å²) >= 11 is 0. The van der Waals surface area contributed by atoms with Gasteiger partial charge in [0.2, 0.25) is 0 Å². The van der Waals surface area contributed by atoms with Crippen LogP contribution in [0.15, 0.2) is 12.7 Å². The highest BCUT2D eigenvalue weighted by atomic mass is 16.5. The molecule has 0 saturated carbocycles. The van der Waals surface area contributed by atoms with E-state index < -0.39 is 0 Å². The molecule has 0 fully saturated rings. The summed E-state index contributed by atoms with van der Waals surface area (Å²) in [7, 11) is 0. The van der Waals surface area contributed by atoms with E-state index in [-0.39, 0.29) is 5.62 Å². The quantitative estimate of drug-likeness (QED) is 0.422. The second-order valence-corrected chi connectivity index (χ2v) is 1.18. The molecule has 1 aromatic heterocycles. The van der Waals surface area contributed by atoms with Gasteiger partial charge in [-0.25, -0.2) is 4.98 Å². The molecule has 5 heteroatoms. The molecule has 8 heavy (non-hydrogen) atoms. The Hall–Kier alpha value is -1.39. The van der Waals surface area contributed by atoms with E-state index in [1.165, 1.54) is 6.33 Å². The molecule has 1 rings (SSSR count). The molecule has 42 valence electrons. The summed E-state index contributed by atoms with van der Waals surface area (Å²) in [5.74, 6) is 0. The Labute approximate surface area is 44.7 Å². The molecule has 0 radical (unpaired) electrons. The van der Waals surface area contributed by atoms with Crippen molar-refractivity contribution < 1.29 is 5.21 Å². The van der Waals surface area contributed by atoms with Crippen LogP contribution in [0.4, 0.5) is 0 Å². The second kappa shape index (κ2) is 1.61. The maximum Gasteiger partial charge on any atom is 0.258 e. The highest BCUT2D eigenvalue weighted by Crippen LogP contribution is 1.58. The third-order valence-corrected chi connectivity index (χ3v) is 0.640. The van der Waals surface area contributed by atoms with Crippen LogP contribution in [-0.2, 0) is 0 Å². The first-order valence-corrected chi connectivity index (χ1v) is 1.93. The Morgan fingerprint density at radius 2 is 2.50 bits per heavy atom. The molecule has 0 spiro atoms. The Balaban J connectivity index is 3.35. The smallest absolute Gasteiger partial charge is 0.258 e. The fraction of sp³-hybridized carbons (Fsp3) is 0. The van der Waals surface area contributed by atoms with Crippen molar-refractivity contribution in [2.45, 2.75) is 0 Å². The van der Waals surface area contributed by atoms with Crippen LogP contribution in [0.1, 0.15) is 0 Å². The van der Waals surface area contributed by atoms with Gasteiger partial charge in [-0.05, 0) is 0 Å². The van der Waals surface area contributed by atoms with Crippen LogP contribution in [-0.4, -0.2) is 19.9 Å². The molecule has 0 aliphatic carbocycles. The topological polar surface area (TPSA) is 74.8 Å². The van der Waals surface area contributed by atoms with Gasteiger partial charge < -0.3 is 5.21 Å². The molecule has 0 aliphatic rings. The fourth-order valence-corrected chi connectivity index (χ4v) is 0.295. The lowest BCUT2D eigenvalue weighted by atomic mass is 11.0. The zero-order chi connectivity index (χ0) is 5.98. The molecule has 0 aromatic carbocycles. The van der Waals surface area contributed by atoms with E-state index >= 15 is 0 Å². The summed E-state index contributed by atoms with van der Waals surface area (Å²) in [6.45, 7) is 0. The summed E-state index contributed by atoms with van der Waals surface area (Å²) in [4.78, 5) is 6.77. The number of nitrogens with one attached hydrogen (secondary N) is 1. The minimum Gasteiger partial charge on any atom is -0.424 e. The van der Waals surface area contributed by atoms with Crippen molar-refractivity contribution in [3.8, 4) is 0 Å². The molecular weight excluding hydrogens is 108 g/mol. The van der Waals surface area contributed by atoms with E-state index in [9.17, 15) is 0 Å². The highest BCUT2D eigenvalue weighted by molar-refractivity contribution is 4.54. The third kappa shape index (κ3) is 0.651. The van der Waals surface area contributed by atoms with Gasteiger partial charge >= 0.3 is 0 Å². The lowest BCUT2D eigenvalue weighted by Gasteiger charge is -1.88. The largest absolute Gasteiger partial charge is 0.424 e. The van der Waals surface area contributed by atoms with Gasteiger partial charge in [0.1, 0.15) is 12.7 Å². The van der Waals surface area contributed by atoms with Gasteiger partial charge in [-0.2, -0.15) is 4.98 Å². The van der Waals surface area contributed by atoms with Gasteiger partial charge in [-0.15, -0.1) is 4.73 Å². The minimum atomic E-state index is -0.222.